The fourth-order valence-corrected chi connectivity index (χ4v) is 2.57. The number of halogens is 1. The smallest absolute Gasteiger partial charge is 0.155 e. The van der Waals surface area contributed by atoms with Gasteiger partial charge < -0.3 is 4.48 Å². The van der Waals surface area contributed by atoms with Crippen molar-refractivity contribution >= 4 is 11.6 Å². The van der Waals surface area contributed by atoms with Gasteiger partial charge >= 0.3 is 0 Å². The van der Waals surface area contributed by atoms with Crippen molar-refractivity contribution in [1.29, 1.82) is 0 Å². The summed E-state index contributed by atoms with van der Waals surface area (Å²) in [6.07, 6.45) is 0. The monoisotopic (exact) mass is 176 g/mol. The van der Waals surface area contributed by atoms with E-state index >= 15 is 0 Å². The topological polar surface area (TPSA) is 0 Å². The first-order chi connectivity index (χ1) is 5.18. The maximum atomic E-state index is 5.97. The largest absolute Gasteiger partial charge is 0.312 e. The Labute approximate surface area is 73.5 Å². The summed E-state index contributed by atoms with van der Waals surface area (Å²) in [5, 5.41) is 0. The number of rotatable bonds is 1. The van der Waals surface area contributed by atoms with Crippen LogP contribution in [0.25, 0.3) is 0 Å². The van der Waals surface area contributed by atoms with Crippen LogP contribution in [0.1, 0.15) is 0 Å². The van der Waals surface area contributed by atoms with Crippen LogP contribution in [0.3, 0.4) is 0 Å². The summed E-state index contributed by atoms with van der Waals surface area (Å²) in [6, 6.07) is 0.833. The molecule has 3 aliphatic rings. The molecule has 0 aromatic rings. The van der Waals surface area contributed by atoms with Crippen LogP contribution in [0.15, 0.2) is 0 Å². The minimum absolute atomic E-state index is 0.833. The van der Waals surface area contributed by atoms with E-state index in [4.69, 9.17) is 11.6 Å². The van der Waals surface area contributed by atoms with Gasteiger partial charge in [-0.1, -0.05) is 11.6 Å². The molecule has 0 unspecified atom stereocenters. The zero-order valence-electron chi connectivity index (χ0n) is 7.22. The predicted molar refractivity (Wildman–Crippen MR) is 46.4 cm³/mol. The molecule has 3 heteroatoms. The second kappa shape index (κ2) is 2.35. The molecule has 2 bridgehead atoms. The van der Waals surface area contributed by atoms with E-state index in [-0.39, 0.29) is 0 Å². The van der Waals surface area contributed by atoms with Crippen molar-refractivity contribution < 1.29 is 8.97 Å². The Morgan fingerprint density at radius 3 is 1.82 bits per heavy atom. The summed E-state index contributed by atoms with van der Waals surface area (Å²) in [7, 11) is 2.38. The first-order valence-corrected chi connectivity index (χ1v) is 4.96. The maximum absolute atomic E-state index is 5.97. The lowest BCUT2D eigenvalue weighted by Gasteiger charge is -2.53. The summed E-state index contributed by atoms with van der Waals surface area (Å²) in [4.78, 5) is 0. The Morgan fingerprint density at radius 2 is 1.45 bits per heavy atom. The van der Waals surface area contributed by atoms with Crippen molar-refractivity contribution in [3.63, 3.8) is 0 Å². The van der Waals surface area contributed by atoms with Crippen molar-refractivity contribution in [3.05, 3.63) is 0 Å². The maximum Gasteiger partial charge on any atom is 0.155 e. The molecule has 3 fully saturated rings. The third-order valence-corrected chi connectivity index (χ3v) is 4.10. The summed E-state index contributed by atoms with van der Waals surface area (Å²) in [5.41, 5.74) is 0. The van der Waals surface area contributed by atoms with E-state index in [0.717, 1.165) is 6.00 Å². The molecule has 0 aromatic carbocycles. The lowest BCUT2D eigenvalue weighted by atomic mass is 10.1. The Hall–Kier alpha value is 0.210. The first-order valence-electron chi connectivity index (χ1n) is 4.43. The highest BCUT2D eigenvalue weighted by Gasteiger charge is 2.45. The van der Waals surface area contributed by atoms with Crippen molar-refractivity contribution in [3.8, 4) is 0 Å². The lowest BCUT2D eigenvalue weighted by molar-refractivity contribution is -1.07. The Bertz CT molecular complexity index is 145. The van der Waals surface area contributed by atoms with Crippen molar-refractivity contribution in [1.82, 2.24) is 0 Å². The van der Waals surface area contributed by atoms with Gasteiger partial charge in [-0.2, -0.15) is 0 Å². The molecule has 2 nitrogen and oxygen atoms in total. The molecule has 0 aliphatic carbocycles. The molecule has 3 heterocycles. The molecule has 0 spiro atoms. The van der Waals surface area contributed by atoms with Crippen LogP contribution < -0.4 is 0 Å². The van der Waals surface area contributed by atoms with Crippen LogP contribution >= 0.6 is 11.6 Å². The zero-order valence-corrected chi connectivity index (χ0v) is 7.98. The molecule has 0 aromatic heterocycles. The van der Waals surface area contributed by atoms with Gasteiger partial charge in [0, 0.05) is 0 Å². The molecular weight excluding hydrogens is 160 g/mol. The number of fused-ring (bicyclic) bond motifs is 3. The molecule has 3 aliphatic heterocycles. The van der Waals surface area contributed by atoms with Crippen LogP contribution in [-0.4, -0.2) is 61.3 Å². The number of hydrogen-bond acceptors (Lipinski definition) is 0. The number of piperazine rings is 3. The van der Waals surface area contributed by atoms with Gasteiger partial charge in [0.2, 0.25) is 0 Å². The quantitative estimate of drug-likeness (QED) is 0.310. The molecule has 0 atom stereocenters. The number of alkyl halides is 1. The number of quaternary nitrogens is 2. The van der Waals surface area contributed by atoms with E-state index < -0.39 is 0 Å². The summed E-state index contributed by atoms with van der Waals surface area (Å²) in [6.45, 7) is 7.94. The Kier molecular flexibility index (Phi) is 1.67. The van der Waals surface area contributed by atoms with Crippen LogP contribution in [0.5, 0.6) is 0 Å². The van der Waals surface area contributed by atoms with E-state index in [1.165, 1.54) is 48.2 Å². The van der Waals surface area contributed by atoms with Gasteiger partial charge in [0.25, 0.3) is 0 Å². The van der Waals surface area contributed by atoms with Crippen molar-refractivity contribution in [2.45, 2.75) is 0 Å². The van der Waals surface area contributed by atoms with Crippen molar-refractivity contribution in [2.75, 3.05) is 52.3 Å². The van der Waals surface area contributed by atoms with Crippen molar-refractivity contribution in [2.24, 2.45) is 0 Å². The Balaban J connectivity index is 2.12. The molecule has 0 N–H and O–H groups in total. The minimum atomic E-state index is 0.833. The highest BCUT2D eigenvalue weighted by molar-refractivity contribution is 6.17. The van der Waals surface area contributed by atoms with Gasteiger partial charge in [0.15, 0.2) is 6.00 Å². The zero-order chi connectivity index (χ0) is 7.95. The molecule has 64 valence electrons. The SMILES string of the molecule is C[N+]12CC[N+](CCl)(CC1)CC2. The second-order valence-electron chi connectivity index (χ2n) is 4.42. The van der Waals surface area contributed by atoms with Crippen LogP contribution in [0, 0.1) is 0 Å². The van der Waals surface area contributed by atoms with Gasteiger partial charge in [0.1, 0.15) is 39.3 Å². The Morgan fingerprint density at radius 1 is 1.00 bits per heavy atom. The highest BCUT2D eigenvalue weighted by Crippen LogP contribution is 2.24. The van der Waals surface area contributed by atoms with Crippen LogP contribution in [-0.2, 0) is 0 Å². The van der Waals surface area contributed by atoms with Gasteiger partial charge in [0.05, 0.1) is 7.05 Å². The first kappa shape index (κ1) is 7.84. The van der Waals surface area contributed by atoms with Gasteiger partial charge in [-0.05, 0) is 0 Å². The van der Waals surface area contributed by atoms with Gasteiger partial charge in [-0.3, -0.25) is 4.48 Å². The minimum Gasteiger partial charge on any atom is -0.312 e. The molecular formula is C8H17ClN2+2. The van der Waals surface area contributed by atoms with E-state index in [2.05, 4.69) is 7.05 Å². The van der Waals surface area contributed by atoms with Crippen LogP contribution in [0.4, 0.5) is 0 Å². The van der Waals surface area contributed by atoms with E-state index in [1.807, 2.05) is 0 Å². The molecule has 0 radical (unpaired) electrons. The number of nitrogens with zero attached hydrogens (tertiary/aromatic N) is 2. The third-order valence-electron chi connectivity index (χ3n) is 3.60. The summed E-state index contributed by atoms with van der Waals surface area (Å²) >= 11 is 5.97. The third kappa shape index (κ3) is 1.17. The standard InChI is InChI=1S/C8H17ClN2/c1-10-2-5-11(8-9,6-3-10)7-4-10/h2-8H2,1H3/q+2. The number of likely N-dealkylation sites (N-methyl/N-ethyl adjacent to an activating group) is 1. The van der Waals surface area contributed by atoms with E-state index in [0.29, 0.717) is 0 Å². The normalized spacial score (nSPS) is 49.6. The summed E-state index contributed by atoms with van der Waals surface area (Å²) in [5.74, 6) is 0. The highest BCUT2D eigenvalue weighted by atomic mass is 35.5. The molecule has 0 amide bonds. The fourth-order valence-electron chi connectivity index (χ4n) is 2.21. The summed E-state index contributed by atoms with van der Waals surface area (Å²) < 4.78 is 2.49. The molecule has 3 saturated heterocycles. The average molecular weight is 177 g/mol. The second-order valence-corrected chi connectivity index (χ2v) is 4.66. The molecule has 11 heavy (non-hydrogen) atoms. The molecule has 0 saturated carbocycles. The van der Waals surface area contributed by atoms with Gasteiger partial charge in [-0.25, -0.2) is 0 Å². The number of hydrogen-bond donors (Lipinski definition) is 0. The molecule has 3 rings (SSSR count). The fraction of sp³-hybridized carbons (Fsp3) is 1.00. The predicted octanol–water partition coefficient (Wildman–Crippen LogP) is 0.473. The van der Waals surface area contributed by atoms with E-state index in [1.54, 1.807) is 0 Å². The van der Waals surface area contributed by atoms with Crippen LogP contribution in [0.2, 0.25) is 0 Å². The van der Waals surface area contributed by atoms with Gasteiger partial charge in [-0.15, -0.1) is 0 Å². The average Bonchev–Trinajstić information content (AvgIpc) is 2.07. The van der Waals surface area contributed by atoms with E-state index in [9.17, 15) is 0 Å². The lowest BCUT2D eigenvalue weighted by Crippen LogP contribution is -2.73.